The van der Waals surface area contributed by atoms with Crippen molar-refractivity contribution in [3.63, 3.8) is 0 Å². The number of rotatable bonds is 5. The van der Waals surface area contributed by atoms with Crippen LogP contribution in [0.3, 0.4) is 0 Å². The molecular weight excluding hydrogens is 366 g/mol. The Morgan fingerprint density at radius 1 is 1.04 bits per heavy atom. The minimum atomic E-state index is -0.533. The maximum absolute atomic E-state index is 12.4. The van der Waals surface area contributed by atoms with Gasteiger partial charge in [0.2, 0.25) is 0 Å². The third kappa shape index (κ3) is 3.95. The second kappa shape index (κ2) is 7.49. The number of carbonyl (C=O) groups excluding carboxylic acids is 1. The fraction of sp³-hybridized carbons (Fsp3) is 0.150. The van der Waals surface area contributed by atoms with E-state index in [-0.39, 0.29) is 5.91 Å². The summed E-state index contributed by atoms with van der Waals surface area (Å²) in [7, 11) is 0. The maximum atomic E-state index is 12.4. The molecule has 0 spiro atoms. The Bertz CT molecular complexity index is 846. The van der Waals surface area contributed by atoms with Gasteiger partial charge in [0.1, 0.15) is 5.75 Å². The number of carbonyl (C=O) groups is 1. The minimum Gasteiger partial charge on any atom is -0.481 e. The maximum Gasteiger partial charge on any atom is 0.265 e. The molecule has 3 rings (SSSR count). The van der Waals surface area contributed by atoms with E-state index in [1.807, 2.05) is 67.6 Å². The van der Waals surface area contributed by atoms with E-state index >= 15 is 0 Å². The minimum absolute atomic E-state index is 0.145. The van der Waals surface area contributed by atoms with Crippen LogP contribution in [0.4, 0.5) is 5.69 Å². The monoisotopic (exact) mass is 383 g/mol. The van der Waals surface area contributed by atoms with E-state index in [2.05, 4.69) is 27.3 Å². The number of ether oxygens (including phenoxy) is 1. The first-order chi connectivity index (χ1) is 11.7. The molecule has 0 aromatic heterocycles. The zero-order valence-electron chi connectivity index (χ0n) is 13.3. The Morgan fingerprint density at radius 3 is 2.46 bits per heavy atom. The van der Waals surface area contributed by atoms with Gasteiger partial charge in [-0.25, -0.2) is 0 Å². The number of fused-ring (bicyclic) bond motifs is 1. The van der Waals surface area contributed by atoms with Gasteiger partial charge in [-0.1, -0.05) is 53.2 Å². The van der Waals surface area contributed by atoms with Crippen molar-refractivity contribution >= 4 is 38.3 Å². The summed E-state index contributed by atoms with van der Waals surface area (Å²) in [6.45, 7) is 1.94. The van der Waals surface area contributed by atoms with Gasteiger partial charge in [-0.15, -0.1) is 0 Å². The molecule has 0 bridgehead atoms. The molecule has 3 nitrogen and oxygen atoms in total. The zero-order chi connectivity index (χ0) is 16.9. The van der Waals surface area contributed by atoms with Crippen molar-refractivity contribution in [3.05, 3.63) is 71.2 Å². The second-order valence-electron chi connectivity index (χ2n) is 5.52. The highest BCUT2D eigenvalue weighted by Gasteiger charge is 2.18. The lowest BCUT2D eigenvalue weighted by molar-refractivity contribution is -0.122. The molecule has 1 unspecified atom stereocenters. The summed E-state index contributed by atoms with van der Waals surface area (Å²) in [4.78, 5) is 12.4. The molecule has 0 fully saturated rings. The molecule has 0 saturated heterocycles. The summed E-state index contributed by atoms with van der Waals surface area (Å²) >= 11 is 3.38. The first-order valence-electron chi connectivity index (χ1n) is 7.87. The Labute approximate surface area is 149 Å². The third-order valence-electron chi connectivity index (χ3n) is 3.77. The largest absolute Gasteiger partial charge is 0.481 e. The Hall–Kier alpha value is -2.33. The molecule has 0 radical (unpaired) electrons. The van der Waals surface area contributed by atoms with Crippen LogP contribution in [0.25, 0.3) is 10.8 Å². The highest BCUT2D eigenvalue weighted by molar-refractivity contribution is 9.10. The normalized spacial score (nSPS) is 11.9. The van der Waals surface area contributed by atoms with Crippen LogP contribution in [0, 0.1) is 0 Å². The van der Waals surface area contributed by atoms with E-state index in [4.69, 9.17) is 4.74 Å². The molecule has 0 saturated carbocycles. The number of hydrogen-bond acceptors (Lipinski definition) is 2. The topological polar surface area (TPSA) is 38.3 Å². The van der Waals surface area contributed by atoms with Gasteiger partial charge in [0.05, 0.1) is 0 Å². The molecule has 0 aliphatic carbocycles. The fourth-order valence-electron chi connectivity index (χ4n) is 2.48. The number of amides is 1. The highest BCUT2D eigenvalue weighted by Crippen LogP contribution is 2.22. The van der Waals surface area contributed by atoms with Crippen LogP contribution in [0.5, 0.6) is 5.75 Å². The van der Waals surface area contributed by atoms with Crippen LogP contribution in [-0.4, -0.2) is 12.0 Å². The lowest BCUT2D eigenvalue weighted by atomic mass is 10.1. The predicted octanol–water partition coefficient (Wildman–Crippen LogP) is 5.40. The van der Waals surface area contributed by atoms with Crippen molar-refractivity contribution in [1.29, 1.82) is 0 Å². The number of benzene rings is 3. The average molecular weight is 384 g/mol. The molecule has 1 amide bonds. The van der Waals surface area contributed by atoms with Gasteiger partial charge in [0.25, 0.3) is 5.91 Å². The van der Waals surface area contributed by atoms with Crippen LogP contribution < -0.4 is 10.1 Å². The predicted molar refractivity (Wildman–Crippen MR) is 101 cm³/mol. The molecule has 0 heterocycles. The van der Waals surface area contributed by atoms with Crippen molar-refractivity contribution in [2.45, 2.75) is 19.4 Å². The van der Waals surface area contributed by atoms with Crippen molar-refractivity contribution < 1.29 is 9.53 Å². The molecule has 3 aromatic rings. The van der Waals surface area contributed by atoms with Crippen LogP contribution in [0.2, 0.25) is 0 Å². The van der Waals surface area contributed by atoms with Crippen LogP contribution >= 0.6 is 15.9 Å². The molecule has 4 heteroatoms. The summed E-state index contributed by atoms with van der Waals surface area (Å²) in [6, 6.07) is 21.4. The second-order valence-corrected chi connectivity index (χ2v) is 6.44. The lowest BCUT2D eigenvalue weighted by Crippen LogP contribution is -2.32. The first kappa shape index (κ1) is 16.5. The number of halogens is 1. The van der Waals surface area contributed by atoms with Gasteiger partial charge in [0, 0.05) is 10.2 Å². The van der Waals surface area contributed by atoms with E-state index in [1.54, 1.807) is 0 Å². The third-order valence-corrected chi connectivity index (χ3v) is 4.30. The summed E-state index contributed by atoms with van der Waals surface area (Å²) < 4.78 is 6.88. The van der Waals surface area contributed by atoms with E-state index in [0.717, 1.165) is 20.9 Å². The van der Waals surface area contributed by atoms with Gasteiger partial charge in [0.15, 0.2) is 6.10 Å². The van der Waals surface area contributed by atoms with Crippen molar-refractivity contribution in [1.82, 2.24) is 0 Å². The molecule has 0 aliphatic heterocycles. The van der Waals surface area contributed by atoms with Gasteiger partial charge >= 0.3 is 0 Å². The Balaban J connectivity index is 1.72. The van der Waals surface area contributed by atoms with Gasteiger partial charge in [-0.3, -0.25) is 4.79 Å². The Morgan fingerprint density at radius 2 is 1.75 bits per heavy atom. The number of hydrogen-bond donors (Lipinski definition) is 1. The van der Waals surface area contributed by atoms with Gasteiger partial charge < -0.3 is 10.1 Å². The van der Waals surface area contributed by atoms with Crippen LogP contribution in [0.15, 0.2) is 71.2 Å². The van der Waals surface area contributed by atoms with E-state index < -0.39 is 6.10 Å². The summed E-state index contributed by atoms with van der Waals surface area (Å²) in [6.07, 6.45) is 0.0599. The zero-order valence-corrected chi connectivity index (χ0v) is 14.9. The standard InChI is InChI=1S/C20H18BrNO2/c1-2-19(20(23)22-17-10-8-16(21)9-11-17)24-18-12-7-14-5-3-4-6-15(14)13-18/h3-13,19H,2H2,1H3,(H,22,23). The SMILES string of the molecule is CCC(Oc1ccc2ccccc2c1)C(=O)Nc1ccc(Br)cc1. The molecule has 122 valence electrons. The smallest absolute Gasteiger partial charge is 0.265 e. The summed E-state index contributed by atoms with van der Waals surface area (Å²) in [5, 5.41) is 5.14. The first-order valence-corrected chi connectivity index (χ1v) is 8.67. The number of anilines is 1. The summed E-state index contributed by atoms with van der Waals surface area (Å²) in [5.74, 6) is 0.555. The quantitative estimate of drug-likeness (QED) is 0.640. The van der Waals surface area contributed by atoms with E-state index in [1.165, 1.54) is 0 Å². The molecule has 24 heavy (non-hydrogen) atoms. The van der Waals surface area contributed by atoms with Gasteiger partial charge in [-0.2, -0.15) is 0 Å². The molecular formula is C20H18BrNO2. The van der Waals surface area contributed by atoms with Crippen molar-refractivity contribution in [2.24, 2.45) is 0 Å². The summed E-state index contributed by atoms with van der Waals surface area (Å²) in [5.41, 5.74) is 0.753. The number of nitrogens with one attached hydrogen (secondary N) is 1. The highest BCUT2D eigenvalue weighted by atomic mass is 79.9. The van der Waals surface area contributed by atoms with E-state index in [9.17, 15) is 4.79 Å². The van der Waals surface area contributed by atoms with Gasteiger partial charge in [-0.05, 0) is 53.6 Å². The van der Waals surface area contributed by atoms with Crippen molar-refractivity contribution in [3.8, 4) is 5.75 Å². The molecule has 1 N–H and O–H groups in total. The van der Waals surface area contributed by atoms with E-state index in [0.29, 0.717) is 12.2 Å². The fourth-order valence-corrected chi connectivity index (χ4v) is 2.75. The van der Waals surface area contributed by atoms with Crippen LogP contribution in [0.1, 0.15) is 13.3 Å². The van der Waals surface area contributed by atoms with Crippen LogP contribution in [-0.2, 0) is 4.79 Å². The molecule has 3 aromatic carbocycles. The molecule has 0 aliphatic rings. The lowest BCUT2D eigenvalue weighted by Gasteiger charge is -2.17. The average Bonchev–Trinajstić information content (AvgIpc) is 2.61. The Kier molecular flexibility index (Phi) is 5.16. The molecule has 1 atom stereocenters. The van der Waals surface area contributed by atoms with Crippen molar-refractivity contribution in [2.75, 3.05) is 5.32 Å².